The Morgan fingerprint density at radius 1 is 1.24 bits per heavy atom. The van der Waals surface area contributed by atoms with E-state index in [1.807, 2.05) is 6.07 Å². The average Bonchev–Trinajstić information content (AvgIpc) is 3.35. The Kier molecular flexibility index (Phi) is 8.67. The number of ether oxygens (including phenoxy) is 1. The number of nitrogens with zero attached hydrogens (tertiary/aromatic N) is 4. The third-order valence-corrected chi connectivity index (χ3v) is 8.87. The SMILES string of the molecule is CN(C(=O)[C@@H](CC(=O)O)CC1CCOCC1)c1nc(-c2cc(Cl)ccc2-c2cnc3c(c2)CCC(=O)N3C)c(F)s1. The van der Waals surface area contributed by atoms with Gasteiger partial charge in [0, 0.05) is 62.0 Å². The van der Waals surface area contributed by atoms with Crippen LogP contribution in [0.15, 0.2) is 30.5 Å². The largest absolute Gasteiger partial charge is 0.481 e. The summed E-state index contributed by atoms with van der Waals surface area (Å²) in [7, 11) is 3.18. The molecule has 1 fully saturated rings. The molecular formula is C29H30ClFN4O5S. The van der Waals surface area contributed by atoms with E-state index in [1.54, 1.807) is 31.4 Å². The highest BCUT2D eigenvalue weighted by Crippen LogP contribution is 2.40. The summed E-state index contributed by atoms with van der Waals surface area (Å²) in [4.78, 5) is 48.9. The van der Waals surface area contributed by atoms with Crippen molar-refractivity contribution >= 4 is 51.7 Å². The number of anilines is 2. The molecule has 2 aliphatic rings. The first kappa shape index (κ1) is 29.1. The van der Waals surface area contributed by atoms with Gasteiger partial charge in [0.2, 0.25) is 16.9 Å². The topological polar surface area (TPSA) is 113 Å². The normalized spacial score (nSPS) is 16.4. The number of carbonyl (C=O) groups excluding carboxylic acids is 2. The van der Waals surface area contributed by atoms with Crippen LogP contribution in [-0.4, -0.2) is 60.2 Å². The number of halogens is 2. The van der Waals surface area contributed by atoms with E-state index in [0.717, 1.165) is 35.3 Å². The molecule has 0 spiro atoms. The van der Waals surface area contributed by atoms with Gasteiger partial charge in [0.1, 0.15) is 11.5 Å². The van der Waals surface area contributed by atoms with Crippen LogP contribution >= 0.6 is 22.9 Å². The molecule has 2 amide bonds. The molecular weight excluding hydrogens is 571 g/mol. The number of rotatable bonds is 8. The van der Waals surface area contributed by atoms with Gasteiger partial charge in [-0.3, -0.25) is 24.2 Å². The summed E-state index contributed by atoms with van der Waals surface area (Å²) in [6, 6.07) is 7.02. The molecule has 1 N–H and O–H groups in total. The number of aromatic nitrogens is 2. The quantitative estimate of drug-likeness (QED) is 0.366. The Morgan fingerprint density at radius 3 is 2.73 bits per heavy atom. The lowest BCUT2D eigenvalue weighted by Crippen LogP contribution is -2.35. The van der Waals surface area contributed by atoms with Gasteiger partial charge in [0.05, 0.1) is 6.42 Å². The summed E-state index contributed by atoms with van der Waals surface area (Å²) >= 11 is 7.04. The minimum atomic E-state index is -1.06. The van der Waals surface area contributed by atoms with E-state index in [-0.39, 0.29) is 29.1 Å². The van der Waals surface area contributed by atoms with Crippen molar-refractivity contribution in [2.45, 2.75) is 38.5 Å². The first-order valence-electron chi connectivity index (χ1n) is 13.4. The first-order chi connectivity index (χ1) is 19.6. The molecule has 1 saturated heterocycles. The Labute approximate surface area is 245 Å². The number of aryl methyl sites for hydroxylation is 1. The van der Waals surface area contributed by atoms with Gasteiger partial charge < -0.3 is 9.84 Å². The second-order valence-corrected chi connectivity index (χ2v) is 11.8. The number of carboxylic acids is 1. The minimum absolute atomic E-state index is 0.000904. The lowest BCUT2D eigenvalue weighted by molar-refractivity contribution is -0.141. The standard InChI is InChI=1S/C29H30ClFN4O5S/c1-34-23(36)6-3-17-12-19(15-32-27(17)34)21-5-4-20(30)14-22(21)25-26(31)41-29(33-25)35(2)28(39)18(13-24(37)38)11-16-7-9-40-10-8-16/h4-5,12,14-16,18H,3,6-11,13H2,1-2H3,(H,37,38)/t18-/m1/s1. The average molecular weight is 601 g/mol. The molecule has 1 atom stereocenters. The van der Waals surface area contributed by atoms with E-state index < -0.39 is 22.9 Å². The van der Waals surface area contributed by atoms with Crippen LogP contribution in [0.1, 0.15) is 37.7 Å². The van der Waals surface area contributed by atoms with Crippen molar-refractivity contribution in [2.24, 2.45) is 11.8 Å². The Balaban J connectivity index is 1.45. The number of amides is 2. The number of pyridine rings is 1. The van der Waals surface area contributed by atoms with Crippen LogP contribution in [0, 0.1) is 17.0 Å². The lowest BCUT2D eigenvalue weighted by Gasteiger charge is -2.27. The van der Waals surface area contributed by atoms with Crippen LogP contribution in [0.2, 0.25) is 5.02 Å². The highest BCUT2D eigenvalue weighted by atomic mass is 35.5. The van der Waals surface area contributed by atoms with Crippen molar-refractivity contribution in [3.8, 4) is 22.4 Å². The monoisotopic (exact) mass is 600 g/mol. The number of carboxylic acid groups (broad SMARTS) is 1. The van der Waals surface area contributed by atoms with Gasteiger partial charge in [0.25, 0.3) is 0 Å². The molecule has 2 aromatic heterocycles. The molecule has 0 unspecified atom stereocenters. The highest BCUT2D eigenvalue weighted by molar-refractivity contribution is 7.14. The molecule has 3 aromatic rings. The molecule has 4 heterocycles. The molecule has 0 radical (unpaired) electrons. The Morgan fingerprint density at radius 2 is 2.00 bits per heavy atom. The molecule has 1 aromatic carbocycles. The molecule has 0 bridgehead atoms. The number of aliphatic carboxylic acids is 1. The molecule has 2 aliphatic heterocycles. The fourth-order valence-corrected chi connectivity index (χ4v) is 6.41. The Hall–Kier alpha value is -3.41. The molecule has 5 rings (SSSR count). The number of thiazole rings is 1. The number of hydrogen-bond donors (Lipinski definition) is 1. The van der Waals surface area contributed by atoms with Crippen LogP contribution in [0.5, 0.6) is 0 Å². The fraction of sp³-hybridized carbons (Fsp3) is 0.414. The van der Waals surface area contributed by atoms with Gasteiger partial charge in [-0.15, -0.1) is 0 Å². The van der Waals surface area contributed by atoms with E-state index >= 15 is 4.39 Å². The third-order valence-electron chi connectivity index (χ3n) is 7.71. The summed E-state index contributed by atoms with van der Waals surface area (Å²) < 4.78 is 20.9. The zero-order chi connectivity index (χ0) is 29.3. The van der Waals surface area contributed by atoms with Crippen molar-refractivity contribution in [1.29, 1.82) is 0 Å². The Bertz CT molecular complexity index is 1490. The van der Waals surface area contributed by atoms with E-state index in [9.17, 15) is 19.5 Å². The summed E-state index contributed by atoms with van der Waals surface area (Å²) in [6.07, 6.45) is 4.21. The minimum Gasteiger partial charge on any atom is -0.481 e. The zero-order valence-electron chi connectivity index (χ0n) is 22.7. The summed E-state index contributed by atoms with van der Waals surface area (Å²) in [6.45, 7) is 1.18. The molecule has 9 nitrogen and oxygen atoms in total. The van der Waals surface area contributed by atoms with Crippen LogP contribution in [0.4, 0.5) is 15.3 Å². The van der Waals surface area contributed by atoms with Crippen molar-refractivity contribution < 1.29 is 28.6 Å². The first-order valence-corrected chi connectivity index (χ1v) is 14.6. The smallest absolute Gasteiger partial charge is 0.304 e. The van der Waals surface area contributed by atoms with Gasteiger partial charge in [-0.25, -0.2) is 9.97 Å². The predicted octanol–water partition coefficient (Wildman–Crippen LogP) is 5.44. The van der Waals surface area contributed by atoms with E-state index in [4.69, 9.17) is 16.3 Å². The molecule has 216 valence electrons. The maximum atomic E-state index is 15.5. The second kappa shape index (κ2) is 12.2. The van der Waals surface area contributed by atoms with Crippen molar-refractivity contribution in [2.75, 3.05) is 37.1 Å². The highest BCUT2D eigenvalue weighted by Gasteiger charge is 2.31. The number of hydrogen-bond acceptors (Lipinski definition) is 7. The summed E-state index contributed by atoms with van der Waals surface area (Å²) in [5, 5.41) is 9.38. The second-order valence-electron chi connectivity index (χ2n) is 10.5. The third kappa shape index (κ3) is 6.27. The maximum absolute atomic E-state index is 15.5. The van der Waals surface area contributed by atoms with Gasteiger partial charge in [-0.05, 0) is 60.9 Å². The van der Waals surface area contributed by atoms with Crippen LogP contribution in [-0.2, 0) is 25.5 Å². The lowest BCUT2D eigenvalue weighted by atomic mass is 9.86. The molecule has 0 saturated carbocycles. The molecule has 41 heavy (non-hydrogen) atoms. The maximum Gasteiger partial charge on any atom is 0.304 e. The number of carbonyl (C=O) groups is 3. The van der Waals surface area contributed by atoms with E-state index in [1.165, 1.54) is 16.8 Å². The van der Waals surface area contributed by atoms with Crippen molar-refractivity contribution in [3.63, 3.8) is 0 Å². The van der Waals surface area contributed by atoms with Crippen LogP contribution in [0.3, 0.4) is 0 Å². The van der Waals surface area contributed by atoms with E-state index in [2.05, 4.69) is 9.97 Å². The zero-order valence-corrected chi connectivity index (χ0v) is 24.3. The van der Waals surface area contributed by atoms with Gasteiger partial charge in [-0.2, -0.15) is 4.39 Å². The number of benzene rings is 1. The number of fused-ring (bicyclic) bond motifs is 1. The van der Waals surface area contributed by atoms with E-state index in [0.29, 0.717) is 54.4 Å². The van der Waals surface area contributed by atoms with Gasteiger partial charge in [0.15, 0.2) is 5.13 Å². The van der Waals surface area contributed by atoms with Crippen molar-refractivity contribution in [1.82, 2.24) is 9.97 Å². The van der Waals surface area contributed by atoms with Crippen LogP contribution in [0.25, 0.3) is 22.4 Å². The molecule has 12 heteroatoms. The fourth-order valence-electron chi connectivity index (χ4n) is 5.46. The van der Waals surface area contributed by atoms with Crippen molar-refractivity contribution in [3.05, 3.63) is 46.2 Å². The molecule has 0 aliphatic carbocycles. The van der Waals surface area contributed by atoms with Gasteiger partial charge in [-0.1, -0.05) is 29.0 Å². The summed E-state index contributed by atoms with van der Waals surface area (Å²) in [5.41, 5.74) is 2.74. The van der Waals surface area contributed by atoms with Gasteiger partial charge >= 0.3 is 5.97 Å². The van der Waals surface area contributed by atoms with Crippen LogP contribution < -0.4 is 9.80 Å². The summed E-state index contributed by atoms with van der Waals surface area (Å²) in [5.74, 6) is -1.45. The predicted molar refractivity (Wildman–Crippen MR) is 155 cm³/mol.